The highest BCUT2D eigenvalue weighted by molar-refractivity contribution is 7.89. The van der Waals surface area contributed by atoms with Crippen LogP contribution in [0, 0.1) is 0 Å². The summed E-state index contributed by atoms with van der Waals surface area (Å²) in [6, 6.07) is 23.6. The van der Waals surface area contributed by atoms with Crippen LogP contribution in [-0.2, 0) is 23.0 Å². The molecule has 1 unspecified atom stereocenters. The molecule has 1 amide bonds. The maximum absolute atomic E-state index is 13.1. The number of fused-ring (bicyclic) bond motifs is 1. The normalized spacial score (nSPS) is 16.0. The maximum Gasteiger partial charge on any atom is 0.258 e. The molecule has 1 aliphatic heterocycles. The van der Waals surface area contributed by atoms with Gasteiger partial charge in [0.1, 0.15) is 0 Å². The zero-order valence-corrected chi connectivity index (χ0v) is 17.8. The second-order valence-electron chi connectivity index (χ2n) is 7.63. The van der Waals surface area contributed by atoms with Crippen molar-refractivity contribution in [2.24, 2.45) is 0 Å². The van der Waals surface area contributed by atoms with E-state index in [9.17, 15) is 13.2 Å². The van der Waals surface area contributed by atoms with E-state index in [4.69, 9.17) is 0 Å². The lowest BCUT2D eigenvalue weighted by Crippen LogP contribution is -2.35. The summed E-state index contributed by atoms with van der Waals surface area (Å²) in [7, 11) is -2.00. The summed E-state index contributed by atoms with van der Waals surface area (Å²) < 4.78 is 26.7. The smallest absolute Gasteiger partial charge is 0.258 e. The molecule has 0 aromatic heterocycles. The first-order valence-electron chi connectivity index (χ1n) is 9.90. The van der Waals surface area contributed by atoms with Crippen molar-refractivity contribution in [3.05, 3.63) is 95.6 Å². The largest absolute Gasteiger partial charge is 0.305 e. The first-order valence-corrected chi connectivity index (χ1v) is 11.3. The first-order chi connectivity index (χ1) is 14.4. The van der Waals surface area contributed by atoms with Crippen LogP contribution < -0.4 is 4.90 Å². The fraction of sp³-hybridized carbons (Fsp3) is 0.208. The first kappa shape index (κ1) is 20.3. The van der Waals surface area contributed by atoms with Crippen LogP contribution in [0.3, 0.4) is 0 Å². The van der Waals surface area contributed by atoms with E-state index in [2.05, 4.69) is 13.0 Å². The second kappa shape index (κ2) is 8.05. The lowest BCUT2D eigenvalue weighted by Gasteiger charge is -2.23. The molecule has 0 radical (unpaired) electrons. The lowest BCUT2D eigenvalue weighted by atomic mass is 10.1. The number of hydrogen-bond donors (Lipinski definition) is 0. The van der Waals surface area contributed by atoms with Crippen LogP contribution in [-0.4, -0.2) is 31.7 Å². The van der Waals surface area contributed by atoms with E-state index in [1.165, 1.54) is 9.87 Å². The number of carbonyl (C=O) groups is 1. The van der Waals surface area contributed by atoms with Gasteiger partial charge < -0.3 is 4.90 Å². The Balaban J connectivity index is 1.50. The molecule has 0 aliphatic carbocycles. The highest BCUT2D eigenvalue weighted by atomic mass is 32.2. The molecular formula is C24H24N2O3S. The summed E-state index contributed by atoms with van der Waals surface area (Å²) in [4.78, 5) is 15.2. The standard InChI is InChI=1S/C24H24N2O3S/c1-18-16-21-8-6-7-11-23(21)26(18)24(27)20-14-12-19(13-15-20)17-25(2)30(28,29)22-9-4-3-5-10-22/h3-15,18H,16-17H2,1-2H3. The van der Waals surface area contributed by atoms with Crippen LogP contribution in [0.15, 0.2) is 83.8 Å². The Morgan fingerprint density at radius 2 is 1.60 bits per heavy atom. The van der Waals surface area contributed by atoms with E-state index in [0.717, 1.165) is 17.7 Å². The third-order valence-corrected chi connectivity index (χ3v) is 7.30. The maximum atomic E-state index is 13.1. The van der Waals surface area contributed by atoms with Gasteiger partial charge in [-0.3, -0.25) is 4.79 Å². The van der Waals surface area contributed by atoms with Crippen molar-refractivity contribution < 1.29 is 13.2 Å². The number of para-hydroxylation sites is 1. The van der Waals surface area contributed by atoms with Crippen LogP contribution in [0.25, 0.3) is 0 Å². The Labute approximate surface area is 177 Å². The Bertz CT molecular complexity index is 1160. The Kier molecular flexibility index (Phi) is 5.45. The number of anilines is 1. The minimum atomic E-state index is -3.56. The Morgan fingerprint density at radius 3 is 2.30 bits per heavy atom. The molecule has 0 bridgehead atoms. The second-order valence-corrected chi connectivity index (χ2v) is 9.67. The topological polar surface area (TPSA) is 57.7 Å². The predicted octanol–water partition coefficient (Wildman–Crippen LogP) is 4.10. The number of benzene rings is 3. The molecule has 154 valence electrons. The Hall–Kier alpha value is -2.96. The highest BCUT2D eigenvalue weighted by Gasteiger charge is 2.31. The monoisotopic (exact) mass is 420 g/mol. The molecule has 0 spiro atoms. The van der Waals surface area contributed by atoms with Crippen LogP contribution >= 0.6 is 0 Å². The van der Waals surface area contributed by atoms with Gasteiger partial charge in [0.2, 0.25) is 10.0 Å². The molecule has 0 N–H and O–H groups in total. The lowest BCUT2D eigenvalue weighted by molar-refractivity contribution is 0.0981. The number of rotatable bonds is 5. The third-order valence-electron chi connectivity index (χ3n) is 5.48. The van der Waals surface area contributed by atoms with Crippen LogP contribution in [0.4, 0.5) is 5.69 Å². The SMILES string of the molecule is CC1Cc2ccccc2N1C(=O)c1ccc(CN(C)S(=O)(=O)c2ccccc2)cc1. The van der Waals surface area contributed by atoms with Gasteiger partial charge in [0.05, 0.1) is 4.90 Å². The van der Waals surface area contributed by atoms with Gasteiger partial charge in [-0.25, -0.2) is 8.42 Å². The van der Waals surface area contributed by atoms with Gasteiger partial charge in [-0.15, -0.1) is 0 Å². The van der Waals surface area contributed by atoms with Crippen molar-refractivity contribution in [3.63, 3.8) is 0 Å². The molecule has 1 aliphatic rings. The van der Waals surface area contributed by atoms with Gasteiger partial charge in [-0.1, -0.05) is 48.5 Å². The molecular weight excluding hydrogens is 396 g/mol. The van der Waals surface area contributed by atoms with Crippen LogP contribution in [0.5, 0.6) is 0 Å². The van der Waals surface area contributed by atoms with E-state index in [1.807, 2.05) is 35.2 Å². The Morgan fingerprint density at radius 1 is 0.967 bits per heavy atom. The van der Waals surface area contributed by atoms with Crippen molar-refractivity contribution in [3.8, 4) is 0 Å². The molecule has 1 heterocycles. The molecule has 5 nitrogen and oxygen atoms in total. The number of carbonyl (C=O) groups excluding carboxylic acids is 1. The van der Waals surface area contributed by atoms with E-state index in [1.54, 1.807) is 49.5 Å². The number of amides is 1. The molecule has 1 atom stereocenters. The number of nitrogens with zero attached hydrogens (tertiary/aromatic N) is 2. The highest BCUT2D eigenvalue weighted by Crippen LogP contribution is 2.33. The summed E-state index contributed by atoms with van der Waals surface area (Å²) >= 11 is 0. The molecule has 0 fully saturated rings. The molecule has 0 saturated carbocycles. The molecule has 3 aromatic carbocycles. The van der Waals surface area contributed by atoms with Gasteiger partial charge in [-0.05, 0) is 54.8 Å². The van der Waals surface area contributed by atoms with Crippen molar-refractivity contribution in [1.82, 2.24) is 4.31 Å². The van der Waals surface area contributed by atoms with Crippen LogP contribution in [0.1, 0.15) is 28.4 Å². The zero-order chi connectivity index (χ0) is 21.3. The minimum Gasteiger partial charge on any atom is -0.305 e. The van der Waals surface area contributed by atoms with Gasteiger partial charge in [-0.2, -0.15) is 4.31 Å². The fourth-order valence-corrected chi connectivity index (χ4v) is 5.06. The average molecular weight is 421 g/mol. The summed E-state index contributed by atoms with van der Waals surface area (Å²) in [6.07, 6.45) is 0.849. The van der Waals surface area contributed by atoms with Crippen molar-refractivity contribution in [1.29, 1.82) is 0 Å². The van der Waals surface area contributed by atoms with Crippen molar-refractivity contribution >= 4 is 21.6 Å². The third kappa shape index (κ3) is 3.76. The predicted molar refractivity (Wildman–Crippen MR) is 118 cm³/mol. The summed E-state index contributed by atoms with van der Waals surface area (Å²) in [5.74, 6) is -0.0377. The van der Waals surface area contributed by atoms with Crippen molar-refractivity contribution in [2.75, 3.05) is 11.9 Å². The molecule has 4 rings (SSSR count). The zero-order valence-electron chi connectivity index (χ0n) is 17.0. The van der Waals surface area contributed by atoms with E-state index in [0.29, 0.717) is 5.56 Å². The van der Waals surface area contributed by atoms with Gasteiger partial charge in [0.25, 0.3) is 5.91 Å². The molecule has 3 aromatic rings. The van der Waals surface area contributed by atoms with Gasteiger partial charge in [0, 0.05) is 30.9 Å². The van der Waals surface area contributed by atoms with E-state index >= 15 is 0 Å². The number of hydrogen-bond acceptors (Lipinski definition) is 3. The quantitative estimate of drug-likeness (QED) is 0.624. The molecule has 30 heavy (non-hydrogen) atoms. The number of sulfonamides is 1. The summed E-state index contributed by atoms with van der Waals surface area (Å²) in [5.41, 5.74) is 3.56. The van der Waals surface area contributed by atoms with Gasteiger partial charge in [0.15, 0.2) is 0 Å². The van der Waals surface area contributed by atoms with Gasteiger partial charge >= 0.3 is 0 Å². The minimum absolute atomic E-state index is 0.0377. The van der Waals surface area contributed by atoms with Crippen LogP contribution in [0.2, 0.25) is 0 Å². The molecule has 0 saturated heterocycles. The van der Waals surface area contributed by atoms with E-state index in [-0.39, 0.29) is 23.4 Å². The fourth-order valence-electron chi connectivity index (χ4n) is 3.88. The van der Waals surface area contributed by atoms with Crippen molar-refractivity contribution in [2.45, 2.75) is 30.8 Å². The molecule has 6 heteroatoms. The van der Waals surface area contributed by atoms with E-state index < -0.39 is 10.0 Å². The average Bonchev–Trinajstić information content (AvgIpc) is 3.10. The summed E-state index contributed by atoms with van der Waals surface area (Å²) in [5, 5.41) is 0. The summed E-state index contributed by atoms with van der Waals surface area (Å²) in [6.45, 7) is 2.28.